The highest BCUT2D eigenvalue weighted by atomic mass is 16.5. The van der Waals surface area contributed by atoms with Crippen molar-refractivity contribution < 1.29 is 14.3 Å². The predicted molar refractivity (Wildman–Crippen MR) is 68.5 cm³/mol. The Bertz CT molecular complexity index is 526. The minimum absolute atomic E-state index is 0.192. The molecule has 18 heavy (non-hydrogen) atoms. The van der Waals surface area contributed by atoms with E-state index < -0.39 is 0 Å². The van der Waals surface area contributed by atoms with Crippen LogP contribution in [0.1, 0.15) is 6.92 Å². The van der Waals surface area contributed by atoms with E-state index in [4.69, 9.17) is 4.74 Å². The lowest BCUT2D eigenvalue weighted by Gasteiger charge is -2.11. The molecule has 1 N–H and O–H groups in total. The number of rotatable bonds is 4. The Hall–Kier alpha value is -2.36. The fourth-order valence-electron chi connectivity index (χ4n) is 1.56. The molecule has 0 heterocycles. The lowest BCUT2D eigenvalue weighted by molar-refractivity contribution is -0.114. The number of benzene rings is 1. The van der Waals surface area contributed by atoms with E-state index in [1.807, 2.05) is 6.92 Å². The molecule has 0 radical (unpaired) electrons. The Kier molecular flexibility index (Phi) is 3.57. The highest BCUT2D eigenvalue weighted by Gasteiger charge is 2.12. The van der Waals surface area contributed by atoms with Crippen molar-refractivity contribution >= 4 is 17.3 Å². The summed E-state index contributed by atoms with van der Waals surface area (Å²) in [5, 5.41) is 2.91. The molecule has 0 spiro atoms. The van der Waals surface area contributed by atoms with Gasteiger partial charge in [0.2, 0.25) is 5.78 Å². The van der Waals surface area contributed by atoms with Gasteiger partial charge in [0.25, 0.3) is 0 Å². The molecular weight excluding hydrogens is 230 g/mol. The van der Waals surface area contributed by atoms with Crippen molar-refractivity contribution in [2.45, 2.75) is 6.92 Å². The van der Waals surface area contributed by atoms with Crippen LogP contribution in [0.5, 0.6) is 5.75 Å². The van der Waals surface area contributed by atoms with Crippen LogP contribution in [-0.4, -0.2) is 18.2 Å². The van der Waals surface area contributed by atoms with Crippen LogP contribution in [0.25, 0.3) is 0 Å². The second kappa shape index (κ2) is 5.31. The van der Waals surface area contributed by atoms with Crippen molar-refractivity contribution in [3.63, 3.8) is 0 Å². The van der Waals surface area contributed by atoms with Gasteiger partial charge in [0.1, 0.15) is 5.75 Å². The summed E-state index contributed by atoms with van der Waals surface area (Å²) in [6.45, 7) is 2.52. The van der Waals surface area contributed by atoms with Gasteiger partial charge in [0, 0.05) is 11.8 Å². The highest BCUT2D eigenvalue weighted by molar-refractivity contribution is 6.18. The molecule has 2 rings (SSSR count). The molecule has 1 aromatic carbocycles. The highest BCUT2D eigenvalue weighted by Crippen LogP contribution is 2.18. The molecule has 1 aromatic rings. The summed E-state index contributed by atoms with van der Waals surface area (Å²) in [5.41, 5.74) is 1.02. The van der Waals surface area contributed by atoms with Crippen LogP contribution in [-0.2, 0) is 9.59 Å². The Balaban J connectivity index is 2.09. The van der Waals surface area contributed by atoms with Crippen LogP contribution >= 0.6 is 0 Å². The number of ketones is 2. The monoisotopic (exact) mass is 243 g/mol. The summed E-state index contributed by atoms with van der Waals surface area (Å²) in [5.74, 6) is 0.370. The lowest BCUT2D eigenvalue weighted by atomic mass is 10.1. The van der Waals surface area contributed by atoms with Gasteiger partial charge in [-0.3, -0.25) is 9.59 Å². The van der Waals surface area contributed by atoms with Gasteiger partial charge in [-0.05, 0) is 43.3 Å². The van der Waals surface area contributed by atoms with Crippen LogP contribution in [0, 0.1) is 0 Å². The molecule has 0 saturated heterocycles. The van der Waals surface area contributed by atoms with Crippen molar-refractivity contribution in [1.29, 1.82) is 0 Å². The molecule has 0 bridgehead atoms. The van der Waals surface area contributed by atoms with E-state index in [2.05, 4.69) is 5.32 Å². The van der Waals surface area contributed by atoms with E-state index >= 15 is 0 Å². The quantitative estimate of drug-likeness (QED) is 0.823. The van der Waals surface area contributed by atoms with Crippen LogP contribution in [0.4, 0.5) is 5.69 Å². The van der Waals surface area contributed by atoms with Gasteiger partial charge in [-0.15, -0.1) is 0 Å². The smallest absolute Gasteiger partial charge is 0.202 e. The molecule has 1 aliphatic carbocycles. The van der Waals surface area contributed by atoms with Gasteiger partial charge in [0.15, 0.2) is 5.78 Å². The summed E-state index contributed by atoms with van der Waals surface area (Å²) >= 11 is 0. The summed E-state index contributed by atoms with van der Waals surface area (Å²) in [6, 6.07) is 7.19. The Morgan fingerprint density at radius 3 is 2.50 bits per heavy atom. The fourth-order valence-corrected chi connectivity index (χ4v) is 1.56. The second-order valence-electron chi connectivity index (χ2n) is 3.74. The van der Waals surface area contributed by atoms with E-state index in [0.717, 1.165) is 11.4 Å². The SMILES string of the molecule is CCOc1ccc(NC2=CC(=O)C=CC2=O)cc1. The van der Waals surface area contributed by atoms with Crippen molar-refractivity contribution in [3.8, 4) is 5.75 Å². The van der Waals surface area contributed by atoms with Crippen LogP contribution in [0.2, 0.25) is 0 Å². The third kappa shape index (κ3) is 2.85. The molecule has 4 heteroatoms. The van der Waals surface area contributed by atoms with E-state index in [-0.39, 0.29) is 17.3 Å². The zero-order valence-corrected chi connectivity index (χ0v) is 9.97. The average Bonchev–Trinajstić information content (AvgIpc) is 2.37. The first-order valence-corrected chi connectivity index (χ1v) is 5.67. The van der Waals surface area contributed by atoms with Gasteiger partial charge in [-0.2, -0.15) is 0 Å². The molecular formula is C14H13NO3. The van der Waals surface area contributed by atoms with E-state index in [1.165, 1.54) is 18.2 Å². The molecule has 1 aliphatic rings. The number of hydrogen-bond donors (Lipinski definition) is 1. The number of nitrogens with one attached hydrogen (secondary N) is 1. The lowest BCUT2D eigenvalue weighted by Crippen LogP contribution is -2.14. The van der Waals surface area contributed by atoms with Crippen molar-refractivity contribution in [2.24, 2.45) is 0 Å². The third-order valence-corrected chi connectivity index (χ3v) is 2.40. The first kappa shape index (κ1) is 12.1. The number of carbonyl (C=O) groups is 2. The molecule has 4 nitrogen and oxygen atoms in total. The molecule has 0 aromatic heterocycles. The van der Waals surface area contributed by atoms with Crippen molar-refractivity contribution in [2.75, 3.05) is 11.9 Å². The van der Waals surface area contributed by atoms with Gasteiger partial charge < -0.3 is 10.1 Å². The molecule has 0 fully saturated rings. The zero-order valence-electron chi connectivity index (χ0n) is 9.97. The predicted octanol–water partition coefficient (Wildman–Crippen LogP) is 2.09. The maximum absolute atomic E-state index is 11.5. The first-order valence-electron chi connectivity index (χ1n) is 5.67. The van der Waals surface area contributed by atoms with Gasteiger partial charge in [0.05, 0.1) is 12.3 Å². The third-order valence-electron chi connectivity index (χ3n) is 2.40. The molecule has 0 aliphatic heterocycles. The molecule has 92 valence electrons. The van der Waals surface area contributed by atoms with E-state index in [0.29, 0.717) is 6.61 Å². The summed E-state index contributed by atoms with van der Waals surface area (Å²) in [4.78, 5) is 22.7. The van der Waals surface area contributed by atoms with Gasteiger partial charge in [-0.25, -0.2) is 0 Å². The largest absolute Gasteiger partial charge is 0.494 e. The number of carbonyl (C=O) groups excluding carboxylic acids is 2. The number of ether oxygens (including phenoxy) is 1. The topological polar surface area (TPSA) is 55.4 Å². The number of allylic oxidation sites excluding steroid dienone is 3. The van der Waals surface area contributed by atoms with Crippen LogP contribution < -0.4 is 10.1 Å². The van der Waals surface area contributed by atoms with E-state index in [9.17, 15) is 9.59 Å². The van der Waals surface area contributed by atoms with Gasteiger partial charge >= 0.3 is 0 Å². The molecule has 0 unspecified atom stereocenters. The van der Waals surface area contributed by atoms with Crippen LogP contribution in [0.3, 0.4) is 0 Å². The van der Waals surface area contributed by atoms with Crippen LogP contribution in [0.15, 0.2) is 48.2 Å². The molecule has 0 saturated carbocycles. The molecule has 0 amide bonds. The normalized spacial score (nSPS) is 14.4. The summed E-state index contributed by atoms with van der Waals surface area (Å²) in [7, 11) is 0. The second-order valence-corrected chi connectivity index (χ2v) is 3.74. The average molecular weight is 243 g/mol. The first-order chi connectivity index (χ1) is 8.69. The fraction of sp³-hybridized carbons (Fsp3) is 0.143. The summed E-state index contributed by atoms with van der Waals surface area (Å²) < 4.78 is 5.31. The Labute approximate surface area is 105 Å². The number of anilines is 1. The Morgan fingerprint density at radius 2 is 1.83 bits per heavy atom. The Morgan fingerprint density at radius 1 is 1.11 bits per heavy atom. The zero-order chi connectivity index (χ0) is 13.0. The maximum Gasteiger partial charge on any atom is 0.202 e. The summed E-state index contributed by atoms with van der Waals surface area (Å²) in [6.07, 6.45) is 3.81. The maximum atomic E-state index is 11.5. The molecule has 0 atom stereocenters. The van der Waals surface area contributed by atoms with Crippen molar-refractivity contribution in [1.82, 2.24) is 0 Å². The minimum Gasteiger partial charge on any atom is -0.494 e. The standard InChI is InChI=1S/C14H13NO3/c1-2-18-12-6-3-10(4-7-12)15-13-9-11(16)5-8-14(13)17/h3-9,15H,2H2,1H3. The number of hydrogen-bond acceptors (Lipinski definition) is 4. The van der Waals surface area contributed by atoms with E-state index in [1.54, 1.807) is 24.3 Å². The minimum atomic E-state index is -0.205. The van der Waals surface area contributed by atoms with Crippen molar-refractivity contribution in [3.05, 3.63) is 48.2 Å². The van der Waals surface area contributed by atoms with Gasteiger partial charge in [-0.1, -0.05) is 0 Å².